The highest BCUT2D eigenvalue weighted by Gasteiger charge is 2.11. The van der Waals surface area contributed by atoms with Crippen LogP contribution in [0.1, 0.15) is 21.5 Å². The Balaban J connectivity index is 2.30. The fourth-order valence-electron chi connectivity index (χ4n) is 1.71. The van der Waals surface area contributed by atoms with E-state index in [-0.39, 0.29) is 12.5 Å². The predicted molar refractivity (Wildman–Crippen MR) is 77.3 cm³/mol. The van der Waals surface area contributed by atoms with Crippen LogP contribution in [-0.2, 0) is 0 Å². The lowest BCUT2D eigenvalue weighted by Crippen LogP contribution is -2.14. The van der Waals surface area contributed by atoms with E-state index in [0.29, 0.717) is 16.9 Å². The van der Waals surface area contributed by atoms with Gasteiger partial charge >= 0.3 is 0 Å². The molecule has 0 aliphatic carbocycles. The van der Waals surface area contributed by atoms with E-state index < -0.39 is 0 Å². The molecule has 4 nitrogen and oxygen atoms in total. The molecular weight excluding hydrogens is 252 g/mol. The second kappa shape index (κ2) is 6.50. The molecule has 0 saturated carbocycles. The first-order chi connectivity index (χ1) is 9.70. The number of aliphatic hydroxyl groups excluding tert-OH is 1. The summed E-state index contributed by atoms with van der Waals surface area (Å²) in [7, 11) is 0. The lowest BCUT2D eigenvalue weighted by atomic mass is 10.0. The highest BCUT2D eigenvalue weighted by atomic mass is 16.2. The van der Waals surface area contributed by atoms with Crippen molar-refractivity contribution < 1.29 is 9.90 Å². The lowest BCUT2D eigenvalue weighted by Gasteiger charge is -2.07. The fourth-order valence-corrected chi connectivity index (χ4v) is 1.71. The number of rotatable bonds is 2. The van der Waals surface area contributed by atoms with Crippen molar-refractivity contribution in [3.8, 4) is 11.8 Å². The van der Waals surface area contributed by atoms with Gasteiger partial charge in [0.05, 0.1) is 5.56 Å². The summed E-state index contributed by atoms with van der Waals surface area (Å²) in [6.07, 6.45) is 1.61. The van der Waals surface area contributed by atoms with E-state index in [4.69, 9.17) is 5.11 Å². The summed E-state index contributed by atoms with van der Waals surface area (Å²) in [5.41, 5.74) is 2.05. The number of pyridine rings is 1. The number of amides is 1. The van der Waals surface area contributed by atoms with E-state index in [1.807, 2.05) is 19.1 Å². The number of anilines is 1. The minimum atomic E-state index is -0.272. The molecule has 0 radical (unpaired) electrons. The Labute approximate surface area is 117 Å². The third-order valence-corrected chi connectivity index (χ3v) is 2.63. The molecule has 100 valence electrons. The fraction of sp³-hybridized carbons (Fsp3) is 0.125. The van der Waals surface area contributed by atoms with Crippen LogP contribution in [0.3, 0.4) is 0 Å². The molecule has 0 unspecified atom stereocenters. The predicted octanol–water partition coefficient (Wildman–Crippen LogP) is 1.99. The SMILES string of the molecule is Cc1ccc(C(=O)Nc2ccccn2)c(C#CCO)c1. The second-order valence-electron chi connectivity index (χ2n) is 4.18. The van der Waals surface area contributed by atoms with Crippen LogP contribution in [0.4, 0.5) is 5.82 Å². The van der Waals surface area contributed by atoms with Gasteiger partial charge in [-0.05, 0) is 36.8 Å². The van der Waals surface area contributed by atoms with Gasteiger partial charge in [0.2, 0.25) is 0 Å². The molecular formula is C16H14N2O2. The Morgan fingerprint density at radius 2 is 2.20 bits per heavy atom. The first-order valence-electron chi connectivity index (χ1n) is 6.13. The summed E-state index contributed by atoms with van der Waals surface area (Å²) in [4.78, 5) is 16.3. The van der Waals surface area contributed by atoms with Crippen molar-refractivity contribution in [2.24, 2.45) is 0 Å². The summed E-state index contributed by atoms with van der Waals surface area (Å²) in [6, 6.07) is 10.7. The Kier molecular flexibility index (Phi) is 4.48. The van der Waals surface area contributed by atoms with E-state index >= 15 is 0 Å². The molecule has 1 aromatic heterocycles. The van der Waals surface area contributed by atoms with E-state index in [1.165, 1.54) is 0 Å². The number of carbonyl (C=O) groups excluding carboxylic acids is 1. The van der Waals surface area contributed by atoms with E-state index in [1.54, 1.807) is 30.5 Å². The maximum Gasteiger partial charge on any atom is 0.258 e. The van der Waals surface area contributed by atoms with Gasteiger partial charge in [0, 0.05) is 11.8 Å². The number of hydrogen-bond acceptors (Lipinski definition) is 3. The monoisotopic (exact) mass is 266 g/mol. The summed E-state index contributed by atoms with van der Waals surface area (Å²) in [5, 5.41) is 11.5. The molecule has 4 heteroatoms. The summed E-state index contributed by atoms with van der Waals surface area (Å²) >= 11 is 0. The van der Waals surface area contributed by atoms with Gasteiger partial charge in [-0.15, -0.1) is 0 Å². The highest BCUT2D eigenvalue weighted by Crippen LogP contribution is 2.13. The van der Waals surface area contributed by atoms with Crippen LogP contribution in [0, 0.1) is 18.8 Å². The average Bonchev–Trinajstić information content (AvgIpc) is 2.46. The van der Waals surface area contributed by atoms with Gasteiger partial charge in [-0.25, -0.2) is 4.98 Å². The number of aryl methyl sites for hydroxylation is 1. The van der Waals surface area contributed by atoms with Crippen molar-refractivity contribution in [2.75, 3.05) is 11.9 Å². The molecule has 1 amide bonds. The Morgan fingerprint density at radius 3 is 2.90 bits per heavy atom. The summed E-state index contributed by atoms with van der Waals surface area (Å²) in [6.45, 7) is 1.68. The van der Waals surface area contributed by atoms with Crippen LogP contribution in [0.5, 0.6) is 0 Å². The van der Waals surface area contributed by atoms with Gasteiger partial charge in [0.25, 0.3) is 5.91 Å². The zero-order valence-corrected chi connectivity index (χ0v) is 11.1. The standard InChI is InChI=1S/C16H14N2O2/c1-12-7-8-14(13(11-12)5-4-10-19)16(20)18-15-6-2-3-9-17-15/h2-3,6-9,11,19H,10H2,1H3,(H,17,18,20). The second-order valence-corrected chi connectivity index (χ2v) is 4.18. The van der Waals surface area contributed by atoms with Crippen LogP contribution in [0.25, 0.3) is 0 Å². The molecule has 0 spiro atoms. The first-order valence-corrected chi connectivity index (χ1v) is 6.13. The minimum absolute atomic E-state index is 0.241. The molecule has 1 aromatic carbocycles. The molecule has 0 atom stereocenters. The number of aromatic nitrogens is 1. The lowest BCUT2D eigenvalue weighted by molar-refractivity contribution is 0.102. The van der Waals surface area contributed by atoms with E-state index in [0.717, 1.165) is 5.56 Å². The highest BCUT2D eigenvalue weighted by molar-refractivity contribution is 6.05. The van der Waals surface area contributed by atoms with E-state index in [2.05, 4.69) is 22.1 Å². The first kappa shape index (κ1) is 13.8. The maximum absolute atomic E-state index is 12.2. The largest absolute Gasteiger partial charge is 0.384 e. The molecule has 20 heavy (non-hydrogen) atoms. The Bertz CT molecular complexity index is 670. The van der Waals surface area contributed by atoms with Crippen molar-refractivity contribution in [1.82, 2.24) is 4.98 Å². The smallest absolute Gasteiger partial charge is 0.258 e. The van der Waals surface area contributed by atoms with Crippen LogP contribution in [0.15, 0.2) is 42.6 Å². The van der Waals surface area contributed by atoms with Crippen LogP contribution in [0.2, 0.25) is 0 Å². The molecule has 0 aliphatic heterocycles. The normalized spacial score (nSPS) is 9.50. The Morgan fingerprint density at radius 1 is 1.35 bits per heavy atom. The van der Waals surface area contributed by atoms with Gasteiger partial charge in [-0.2, -0.15) is 0 Å². The topological polar surface area (TPSA) is 62.2 Å². The van der Waals surface area contributed by atoms with E-state index in [9.17, 15) is 4.79 Å². The number of benzene rings is 1. The van der Waals surface area contributed by atoms with Crippen molar-refractivity contribution in [3.05, 3.63) is 59.3 Å². The van der Waals surface area contributed by atoms with Gasteiger partial charge in [0.15, 0.2) is 0 Å². The molecule has 2 aromatic rings. The van der Waals surface area contributed by atoms with Crippen LogP contribution < -0.4 is 5.32 Å². The summed E-state index contributed by atoms with van der Waals surface area (Å²) < 4.78 is 0. The van der Waals surface area contributed by atoms with Gasteiger partial charge in [0.1, 0.15) is 12.4 Å². The molecule has 2 N–H and O–H groups in total. The molecule has 2 rings (SSSR count). The van der Waals surface area contributed by atoms with Crippen LogP contribution in [-0.4, -0.2) is 22.6 Å². The number of nitrogens with zero attached hydrogens (tertiary/aromatic N) is 1. The van der Waals surface area contributed by atoms with Crippen molar-refractivity contribution in [1.29, 1.82) is 0 Å². The Hall–Kier alpha value is -2.64. The number of carbonyl (C=O) groups is 1. The molecule has 0 bridgehead atoms. The van der Waals surface area contributed by atoms with Crippen LogP contribution >= 0.6 is 0 Å². The minimum Gasteiger partial charge on any atom is -0.384 e. The maximum atomic E-state index is 12.2. The van der Waals surface area contributed by atoms with Gasteiger partial charge in [-0.1, -0.05) is 24.0 Å². The third kappa shape index (κ3) is 3.44. The third-order valence-electron chi connectivity index (χ3n) is 2.63. The average molecular weight is 266 g/mol. The number of aliphatic hydroxyl groups is 1. The molecule has 1 heterocycles. The van der Waals surface area contributed by atoms with Gasteiger partial charge < -0.3 is 10.4 Å². The molecule has 0 aliphatic rings. The molecule has 0 saturated heterocycles. The quantitative estimate of drug-likeness (QED) is 0.817. The van der Waals surface area contributed by atoms with Crippen molar-refractivity contribution in [3.63, 3.8) is 0 Å². The number of nitrogens with one attached hydrogen (secondary N) is 1. The van der Waals surface area contributed by atoms with Gasteiger partial charge in [-0.3, -0.25) is 4.79 Å². The molecule has 0 fully saturated rings. The van der Waals surface area contributed by atoms with Crippen molar-refractivity contribution >= 4 is 11.7 Å². The van der Waals surface area contributed by atoms with Crippen molar-refractivity contribution in [2.45, 2.75) is 6.92 Å². The zero-order valence-electron chi connectivity index (χ0n) is 11.1. The summed E-state index contributed by atoms with van der Waals surface area (Å²) in [5.74, 6) is 5.56. The zero-order chi connectivity index (χ0) is 14.4. The number of hydrogen-bond donors (Lipinski definition) is 2.